The molecule has 1 aliphatic rings. The molecule has 1 N–H and O–H groups in total. The first kappa shape index (κ1) is 15.7. The van der Waals surface area contributed by atoms with E-state index in [-0.39, 0.29) is 16.0 Å². The van der Waals surface area contributed by atoms with Crippen LogP contribution in [0.4, 0.5) is 4.39 Å². The molecule has 1 aromatic rings. The first-order chi connectivity index (χ1) is 9.45. The number of sulfonamides is 1. The van der Waals surface area contributed by atoms with Crippen molar-refractivity contribution in [3.05, 3.63) is 29.0 Å². The molecule has 1 heterocycles. The highest BCUT2D eigenvalue weighted by atomic mass is 35.5. The Bertz CT molecular complexity index is 553. The highest BCUT2D eigenvalue weighted by molar-refractivity contribution is 7.89. The van der Waals surface area contributed by atoms with Crippen molar-refractivity contribution in [2.75, 3.05) is 19.6 Å². The molecule has 1 saturated heterocycles. The zero-order chi connectivity index (χ0) is 14.8. The fraction of sp³-hybridized carbons (Fsp3) is 0.538. The summed E-state index contributed by atoms with van der Waals surface area (Å²) in [6.45, 7) is 3.76. The van der Waals surface area contributed by atoms with E-state index < -0.39 is 15.8 Å². The van der Waals surface area contributed by atoms with Gasteiger partial charge in [0.15, 0.2) is 0 Å². The maximum Gasteiger partial charge on any atom is 0.243 e. The number of hydrogen-bond acceptors (Lipinski definition) is 3. The molecule has 0 aliphatic carbocycles. The Kier molecular flexibility index (Phi) is 5.01. The third-order valence-corrected chi connectivity index (χ3v) is 5.48. The molecule has 1 fully saturated rings. The van der Waals surface area contributed by atoms with Gasteiger partial charge in [-0.05, 0) is 37.6 Å². The van der Waals surface area contributed by atoms with Gasteiger partial charge >= 0.3 is 0 Å². The van der Waals surface area contributed by atoms with Gasteiger partial charge in [0.2, 0.25) is 10.0 Å². The summed E-state index contributed by atoms with van der Waals surface area (Å²) in [4.78, 5) is -0.0807. The second-order valence-electron chi connectivity index (χ2n) is 4.87. The van der Waals surface area contributed by atoms with Gasteiger partial charge in [0, 0.05) is 24.2 Å². The second-order valence-corrected chi connectivity index (χ2v) is 7.19. The molecule has 2 rings (SSSR count). The smallest absolute Gasteiger partial charge is 0.243 e. The second kappa shape index (κ2) is 6.39. The van der Waals surface area contributed by atoms with Crippen molar-refractivity contribution in [3.63, 3.8) is 0 Å². The molecule has 1 aromatic carbocycles. The van der Waals surface area contributed by atoms with E-state index in [1.54, 1.807) is 0 Å². The number of nitrogens with zero attached hydrogens (tertiary/aromatic N) is 1. The van der Waals surface area contributed by atoms with Crippen LogP contribution in [0.5, 0.6) is 0 Å². The Morgan fingerprint density at radius 1 is 1.45 bits per heavy atom. The lowest BCUT2D eigenvalue weighted by molar-refractivity contribution is 0.335. The topological polar surface area (TPSA) is 49.4 Å². The maximum atomic E-state index is 13.4. The van der Waals surface area contributed by atoms with E-state index in [2.05, 4.69) is 5.32 Å². The van der Waals surface area contributed by atoms with Crippen LogP contribution in [0.25, 0.3) is 0 Å². The van der Waals surface area contributed by atoms with E-state index in [9.17, 15) is 12.8 Å². The first-order valence-corrected chi connectivity index (χ1v) is 8.45. The summed E-state index contributed by atoms with van der Waals surface area (Å²) < 4.78 is 40.2. The molecule has 7 heteroatoms. The van der Waals surface area contributed by atoms with E-state index >= 15 is 0 Å². The minimum absolute atomic E-state index is 0.0807. The minimum atomic E-state index is -3.72. The van der Waals surface area contributed by atoms with Crippen LogP contribution in [0.2, 0.25) is 5.02 Å². The number of halogens is 2. The standard InChI is InChI=1S/C13H18ClFN2O2S/c1-2-5-17(12-3-4-16-9-12)20(18,19)13-7-10(14)6-11(15)8-13/h6-8,12,16H,2-5,9H2,1H3. The SMILES string of the molecule is CCCN(C1CCNC1)S(=O)(=O)c1cc(F)cc(Cl)c1. The number of rotatable bonds is 5. The lowest BCUT2D eigenvalue weighted by atomic mass is 10.2. The average molecular weight is 321 g/mol. The average Bonchev–Trinajstić information content (AvgIpc) is 2.88. The van der Waals surface area contributed by atoms with Gasteiger partial charge in [0.05, 0.1) is 4.90 Å². The highest BCUT2D eigenvalue weighted by Gasteiger charge is 2.32. The highest BCUT2D eigenvalue weighted by Crippen LogP contribution is 2.25. The summed E-state index contributed by atoms with van der Waals surface area (Å²) in [6, 6.07) is 3.33. The Balaban J connectivity index is 2.38. The number of hydrogen-bond donors (Lipinski definition) is 1. The van der Waals surface area contributed by atoms with Crippen molar-refractivity contribution in [1.82, 2.24) is 9.62 Å². The van der Waals surface area contributed by atoms with Gasteiger partial charge < -0.3 is 5.32 Å². The molecule has 1 atom stereocenters. The summed E-state index contributed by atoms with van der Waals surface area (Å²) in [7, 11) is -3.72. The molecule has 0 radical (unpaired) electrons. The molecule has 20 heavy (non-hydrogen) atoms. The van der Waals surface area contributed by atoms with Crippen molar-refractivity contribution in [1.29, 1.82) is 0 Å². The Hall–Kier alpha value is -0.690. The van der Waals surface area contributed by atoms with Gasteiger partial charge in [-0.15, -0.1) is 0 Å². The Morgan fingerprint density at radius 3 is 2.75 bits per heavy atom. The predicted molar refractivity (Wildman–Crippen MR) is 76.9 cm³/mol. The van der Waals surface area contributed by atoms with Crippen LogP contribution >= 0.6 is 11.6 Å². The molecule has 0 saturated carbocycles. The van der Waals surface area contributed by atoms with Gasteiger partial charge in [0.25, 0.3) is 0 Å². The van der Waals surface area contributed by atoms with E-state index in [0.29, 0.717) is 19.5 Å². The van der Waals surface area contributed by atoms with Gasteiger partial charge in [0.1, 0.15) is 5.82 Å². The Labute approximate surface area is 124 Å². The summed E-state index contributed by atoms with van der Waals surface area (Å²) >= 11 is 5.76. The van der Waals surface area contributed by atoms with E-state index in [0.717, 1.165) is 25.1 Å². The molecular formula is C13H18ClFN2O2S. The monoisotopic (exact) mass is 320 g/mol. The summed E-state index contributed by atoms with van der Waals surface area (Å²) in [6.07, 6.45) is 1.47. The van der Waals surface area contributed by atoms with Crippen LogP contribution in [0.3, 0.4) is 0 Å². The molecule has 1 unspecified atom stereocenters. The van der Waals surface area contributed by atoms with E-state index in [1.165, 1.54) is 10.4 Å². The van der Waals surface area contributed by atoms with Crippen LogP contribution in [-0.2, 0) is 10.0 Å². The quantitative estimate of drug-likeness (QED) is 0.905. The third kappa shape index (κ3) is 3.31. The number of benzene rings is 1. The summed E-state index contributed by atoms with van der Waals surface area (Å²) in [5.74, 6) is -0.642. The van der Waals surface area contributed by atoms with Crippen LogP contribution < -0.4 is 5.32 Å². The number of nitrogens with one attached hydrogen (secondary N) is 1. The fourth-order valence-corrected chi connectivity index (χ4v) is 4.51. The van der Waals surface area contributed by atoms with Crippen LogP contribution in [0.15, 0.2) is 23.1 Å². The largest absolute Gasteiger partial charge is 0.315 e. The molecular weight excluding hydrogens is 303 g/mol. The zero-order valence-electron chi connectivity index (χ0n) is 11.3. The van der Waals surface area contributed by atoms with Gasteiger partial charge in [-0.1, -0.05) is 18.5 Å². The lowest BCUT2D eigenvalue weighted by Gasteiger charge is -2.27. The van der Waals surface area contributed by atoms with Crippen molar-refractivity contribution in [3.8, 4) is 0 Å². The summed E-state index contributed by atoms with van der Waals surface area (Å²) in [5.41, 5.74) is 0. The molecule has 0 aromatic heterocycles. The van der Waals surface area contributed by atoms with Gasteiger partial charge in [-0.2, -0.15) is 4.31 Å². The molecule has 4 nitrogen and oxygen atoms in total. The van der Waals surface area contributed by atoms with E-state index in [1.807, 2.05) is 6.92 Å². The Morgan fingerprint density at radius 2 is 2.20 bits per heavy atom. The molecule has 0 amide bonds. The van der Waals surface area contributed by atoms with Crippen molar-refractivity contribution in [2.24, 2.45) is 0 Å². The molecule has 112 valence electrons. The molecule has 0 bridgehead atoms. The lowest BCUT2D eigenvalue weighted by Crippen LogP contribution is -2.42. The van der Waals surface area contributed by atoms with Crippen LogP contribution in [0.1, 0.15) is 19.8 Å². The van der Waals surface area contributed by atoms with Gasteiger partial charge in [-0.25, -0.2) is 12.8 Å². The van der Waals surface area contributed by atoms with Gasteiger partial charge in [-0.3, -0.25) is 0 Å². The van der Waals surface area contributed by atoms with Crippen molar-refractivity contribution >= 4 is 21.6 Å². The van der Waals surface area contributed by atoms with Crippen molar-refractivity contribution < 1.29 is 12.8 Å². The molecule has 1 aliphatic heterocycles. The fourth-order valence-electron chi connectivity index (χ4n) is 2.42. The van der Waals surface area contributed by atoms with Crippen molar-refractivity contribution in [2.45, 2.75) is 30.7 Å². The minimum Gasteiger partial charge on any atom is -0.315 e. The predicted octanol–water partition coefficient (Wildman–Crippen LogP) is 2.24. The molecule has 0 spiro atoms. The zero-order valence-corrected chi connectivity index (χ0v) is 12.8. The van der Waals surface area contributed by atoms with E-state index in [4.69, 9.17) is 11.6 Å². The first-order valence-electron chi connectivity index (χ1n) is 6.64. The third-order valence-electron chi connectivity index (χ3n) is 3.33. The van der Waals surface area contributed by atoms with Crippen LogP contribution in [-0.4, -0.2) is 38.4 Å². The normalized spacial score (nSPS) is 19.7. The summed E-state index contributed by atoms with van der Waals surface area (Å²) in [5, 5.41) is 3.24. The van der Waals surface area contributed by atoms with Crippen LogP contribution in [0, 0.1) is 5.82 Å². The maximum absolute atomic E-state index is 13.4.